The minimum Gasteiger partial charge on any atom is -0.334 e. The van der Waals surface area contributed by atoms with Gasteiger partial charge >= 0.3 is 0 Å². The zero-order valence-electron chi connectivity index (χ0n) is 11.4. The van der Waals surface area contributed by atoms with Gasteiger partial charge in [0.05, 0.1) is 6.04 Å². The average molecular weight is 271 g/mol. The van der Waals surface area contributed by atoms with Gasteiger partial charge in [-0.1, -0.05) is 6.92 Å². The zero-order chi connectivity index (χ0) is 13.9. The first-order chi connectivity index (χ1) is 9.81. The molecule has 20 heavy (non-hydrogen) atoms. The fraction of sp³-hybridized carbons (Fsp3) is 0.429. The summed E-state index contributed by atoms with van der Waals surface area (Å²) in [6.07, 6.45) is 11.1. The Hall–Kier alpha value is -2.24. The molecule has 1 atom stereocenters. The zero-order valence-corrected chi connectivity index (χ0v) is 11.4. The lowest BCUT2D eigenvalue weighted by Crippen LogP contribution is -2.31. The number of imidazole rings is 1. The fourth-order valence-electron chi connectivity index (χ4n) is 2.71. The van der Waals surface area contributed by atoms with Crippen molar-refractivity contribution in [1.82, 2.24) is 24.4 Å². The van der Waals surface area contributed by atoms with Crippen LogP contribution in [0.5, 0.6) is 0 Å². The normalized spacial score (nSPS) is 18.4. The molecule has 1 fully saturated rings. The molecule has 6 nitrogen and oxygen atoms in total. The van der Waals surface area contributed by atoms with Crippen LogP contribution >= 0.6 is 0 Å². The molecular weight excluding hydrogens is 254 g/mol. The predicted octanol–water partition coefficient (Wildman–Crippen LogP) is 1.74. The van der Waals surface area contributed by atoms with Crippen LogP contribution in [0.25, 0.3) is 5.82 Å². The Bertz CT molecular complexity index is 595. The van der Waals surface area contributed by atoms with Crippen molar-refractivity contribution in [2.75, 3.05) is 6.54 Å². The maximum atomic E-state index is 12.1. The molecule has 2 aromatic heterocycles. The van der Waals surface area contributed by atoms with Gasteiger partial charge in [-0.2, -0.15) is 0 Å². The molecule has 1 aliphatic rings. The van der Waals surface area contributed by atoms with E-state index >= 15 is 0 Å². The average Bonchev–Trinajstić information content (AvgIpc) is 3.17. The molecule has 0 spiro atoms. The van der Waals surface area contributed by atoms with E-state index in [-0.39, 0.29) is 11.9 Å². The van der Waals surface area contributed by atoms with Crippen molar-refractivity contribution >= 4 is 5.91 Å². The van der Waals surface area contributed by atoms with Gasteiger partial charge in [-0.15, -0.1) is 0 Å². The van der Waals surface area contributed by atoms with Gasteiger partial charge in [-0.3, -0.25) is 14.3 Å². The number of amides is 1. The van der Waals surface area contributed by atoms with Crippen molar-refractivity contribution in [1.29, 1.82) is 0 Å². The molecule has 1 amide bonds. The quantitative estimate of drug-likeness (QED) is 0.853. The van der Waals surface area contributed by atoms with Crippen molar-refractivity contribution in [3.63, 3.8) is 0 Å². The number of nitrogens with zero attached hydrogens (tertiary/aromatic N) is 5. The maximum Gasteiger partial charge on any atom is 0.222 e. The molecule has 0 aromatic carbocycles. The monoisotopic (exact) mass is 271 g/mol. The van der Waals surface area contributed by atoms with Crippen molar-refractivity contribution in [2.24, 2.45) is 0 Å². The van der Waals surface area contributed by atoms with Gasteiger partial charge in [-0.05, 0) is 12.8 Å². The number of carbonyl (C=O) groups is 1. The molecule has 0 saturated carbocycles. The van der Waals surface area contributed by atoms with E-state index in [1.165, 1.54) is 0 Å². The first-order valence-corrected chi connectivity index (χ1v) is 6.90. The van der Waals surface area contributed by atoms with Crippen LogP contribution in [0, 0.1) is 0 Å². The molecule has 104 valence electrons. The van der Waals surface area contributed by atoms with Gasteiger partial charge in [-0.25, -0.2) is 9.97 Å². The second-order valence-electron chi connectivity index (χ2n) is 4.83. The molecule has 1 unspecified atom stereocenters. The summed E-state index contributed by atoms with van der Waals surface area (Å²) < 4.78 is 1.84. The number of hydrogen-bond donors (Lipinski definition) is 0. The molecule has 3 heterocycles. The van der Waals surface area contributed by atoms with Gasteiger partial charge in [0, 0.05) is 37.8 Å². The maximum absolute atomic E-state index is 12.1. The highest BCUT2D eigenvalue weighted by molar-refractivity contribution is 5.76. The van der Waals surface area contributed by atoms with Gasteiger partial charge in [0.15, 0.2) is 5.82 Å². The largest absolute Gasteiger partial charge is 0.334 e. The second kappa shape index (κ2) is 5.40. The lowest BCUT2D eigenvalue weighted by Gasteiger charge is -2.25. The Balaban J connectivity index is 2.00. The number of carbonyl (C=O) groups excluding carboxylic acids is 1. The standard InChI is InChI=1S/C14H17N5O/c1-2-12(20)19-8-3-4-11(19)13-14(17-6-5-16-13)18-9-7-15-10-18/h5-7,9-11H,2-4,8H2,1H3. The van der Waals surface area contributed by atoms with Crippen LogP contribution in [-0.4, -0.2) is 36.9 Å². The Morgan fingerprint density at radius 2 is 2.20 bits per heavy atom. The number of rotatable bonds is 3. The molecular formula is C14H17N5O. The first-order valence-electron chi connectivity index (χ1n) is 6.90. The van der Waals surface area contributed by atoms with E-state index in [2.05, 4.69) is 15.0 Å². The van der Waals surface area contributed by atoms with Gasteiger partial charge < -0.3 is 4.90 Å². The van der Waals surface area contributed by atoms with E-state index in [0.29, 0.717) is 6.42 Å². The molecule has 0 radical (unpaired) electrons. The summed E-state index contributed by atoms with van der Waals surface area (Å²) >= 11 is 0. The minimum absolute atomic E-state index is 0.0218. The third kappa shape index (κ3) is 2.17. The lowest BCUT2D eigenvalue weighted by atomic mass is 10.1. The van der Waals surface area contributed by atoms with Crippen molar-refractivity contribution in [3.8, 4) is 5.82 Å². The van der Waals surface area contributed by atoms with Crippen molar-refractivity contribution in [3.05, 3.63) is 36.8 Å². The summed E-state index contributed by atoms with van der Waals surface area (Å²) in [4.78, 5) is 26.9. The van der Waals surface area contributed by atoms with E-state index in [1.54, 1.807) is 24.9 Å². The van der Waals surface area contributed by atoms with E-state index in [0.717, 1.165) is 30.9 Å². The van der Waals surface area contributed by atoms with Crippen LogP contribution in [0.4, 0.5) is 0 Å². The topological polar surface area (TPSA) is 63.9 Å². The number of aromatic nitrogens is 4. The lowest BCUT2D eigenvalue weighted by molar-refractivity contribution is -0.131. The predicted molar refractivity (Wildman–Crippen MR) is 73.1 cm³/mol. The smallest absolute Gasteiger partial charge is 0.222 e. The fourth-order valence-corrected chi connectivity index (χ4v) is 2.71. The van der Waals surface area contributed by atoms with Gasteiger partial charge in [0.2, 0.25) is 5.91 Å². The summed E-state index contributed by atoms with van der Waals surface area (Å²) in [5.74, 6) is 0.931. The van der Waals surface area contributed by atoms with E-state index in [4.69, 9.17) is 0 Å². The molecule has 1 aliphatic heterocycles. The van der Waals surface area contributed by atoms with Gasteiger partial charge in [0.25, 0.3) is 0 Å². The SMILES string of the molecule is CCC(=O)N1CCCC1c1nccnc1-n1ccnc1. The molecule has 0 bridgehead atoms. The second-order valence-corrected chi connectivity index (χ2v) is 4.83. The number of hydrogen-bond acceptors (Lipinski definition) is 4. The van der Waals surface area contributed by atoms with Crippen LogP contribution in [0.1, 0.15) is 37.9 Å². The highest BCUT2D eigenvalue weighted by Gasteiger charge is 2.32. The highest BCUT2D eigenvalue weighted by Crippen LogP contribution is 2.33. The van der Waals surface area contributed by atoms with Crippen LogP contribution in [0.2, 0.25) is 0 Å². The van der Waals surface area contributed by atoms with Gasteiger partial charge in [0.1, 0.15) is 12.0 Å². The van der Waals surface area contributed by atoms with Crippen LogP contribution in [-0.2, 0) is 4.79 Å². The molecule has 3 rings (SSSR count). The summed E-state index contributed by atoms with van der Waals surface area (Å²) in [6, 6.07) is 0.0218. The Kier molecular flexibility index (Phi) is 3.45. The van der Waals surface area contributed by atoms with Crippen LogP contribution in [0.3, 0.4) is 0 Å². The summed E-state index contributed by atoms with van der Waals surface area (Å²) in [7, 11) is 0. The van der Waals surface area contributed by atoms with E-state index in [1.807, 2.05) is 22.6 Å². The molecule has 6 heteroatoms. The first kappa shape index (κ1) is 12.8. The Morgan fingerprint density at radius 1 is 1.35 bits per heavy atom. The molecule has 0 N–H and O–H groups in total. The minimum atomic E-state index is 0.0218. The molecule has 0 aliphatic carbocycles. The Labute approximate surface area is 117 Å². The number of likely N-dealkylation sites (tertiary alicyclic amines) is 1. The Morgan fingerprint density at radius 3 is 2.95 bits per heavy atom. The third-order valence-electron chi connectivity index (χ3n) is 3.65. The highest BCUT2D eigenvalue weighted by atomic mass is 16.2. The van der Waals surface area contributed by atoms with Crippen molar-refractivity contribution < 1.29 is 4.79 Å². The third-order valence-corrected chi connectivity index (χ3v) is 3.65. The summed E-state index contributed by atoms with van der Waals surface area (Å²) in [5, 5.41) is 0. The van der Waals surface area contributed by atoms with Crippen LogP contribution < -0.4 is 0 Å². The van der Waals surface area contributed by atoms with Crippen LogP contribution in [0.15, 0.2) is 31.1 Å². The molecule has 2 aromatic rings. The van der Waals surface area contributed by atoms with Crippen molar-refractivity contribution in [2.45, 2.75) is 32.2 Å². The molecule has 1 saturated heterocycles. The summed E-state index contributed by atoms with van der Waals surface area (Å²) in [5.41, 5.74) is 0.852. The van der Waals surface area contributed by atoms with E-state index < -0.39 is 0 Å². The van der Waals surface area contributed by atoms with E-state index in [9.17, 15) is 4.79 Å². The summed E-state index contributed by atoms with van der Waals surface area (Å²) in [6.45, 7) is 2.70.